The van der Waals surface area contributed by atoms with Crippen molar-refractivity contribution in [2.45, 2.75) is 47.7 Å². The van der Waals surface area contributed by atoms with Crippen molar-refractivity contribution in [3.8, 4) is 0 Å². The Balaban J connectivity index is 0. The van der Waals surface area contributed by atoms with Gasteiger partial charge in [-0.15, -0.1) is 0 Å². The van der Waals surface area contributed by atoms with Gasteiger partial charge in [0.05, 0.1) is 10.7 Å². The van der Waals surface area contributed by atoms with E-state index in [1.54, 1.807) is 0 Å². The highest BCUT2D eigenvalue weighted by molar-refractivity contribution is 6.31. The zero-order valence-corrected chi connectivity index (χ0v) is 11.8. The summed E-state index contributed by atoms with van der Waals surface area (Å²) in [5.74, 6) is 0. The molecule has 0 aliphatic rings. The van der Waals surface area contributed by atoms with Gasteiger partial charge in [0.2, 0.25) is 0 Å². The Bertz CT molecular complexity index is 335. The highest BCUT2D eigenvalue weighted by Gasteiger charge is 2.34. The molecule has 0 spiro atoms. The molecule has 0 aliphatic heterocycles. The molecule has 1 nitrogen and oxygen atoms in total. The molecule has 0 fully saturated rings. The molecule has 1 heterocycles. The second-order valence-electron chi connectivity index (χ2n) is 2.72. The zero-order chi connectivity index (χ0) is 14.2. The van der Waals surface area contributed by atoms with Crippen LogP contribution in [0, 0.1) is 13.8 Å². The van der Waals surface area contributed by atoms with Gasteiger partial charge in [-0.3, -0.25) is 0 Å². The summed E-state index contributed by atoms with van der Waals surface area (Å²) in [6.45, 7) is 10.8. The monoisotopic (exact) mass is 269 g/mol. The molecule has 0 saturated heterocycles. The van der Waals surface area contributed by atoms with E-state index >= 15 is 0 Å². The Kier molecular flexibility index (Phi) is 9.12. The van der Waals surface area contributed by atoms with Gasteiger partial charge in [0.15, 0.2) is 0 Å². The molecule has 0 saturated carbocycles. The molecule has 0 aliphatic carbocycles. The van der Waals surface area contributed by atoms with E-state index in [-0.39, 0.29) is 16.3 Å². The van der Waals surface area contributed by atoms with Crippen LogP contribution in [0.4, 0.5) is 13.2 Å². The highest BCUT2D eigenvalue weighted by atomic mass is 35.5. The summed E-state index contributed by atoms with van der Waals surface area (Å²) in [4.78, 5) is 3.39. The molecule has 1 aromatic rings. The van der Waals surface area contributed by atoms with Gasteiger partial charge in [-0.1, -0.05) is 39.3 Å². The standard InChI is InChI=1S/C8H7ClF3N.2C2H6/c1-4-3-6(9)5(2)13-7(4)8(10,11)12;2*1-2/h3H,1-2H3;2*1-2H3. The van der Waals surface area contributed by atoms with Gasteiger partial charge in [-0.05, 0) is 25.5 Å². The molecule has 5 heteroatoms. The molecule has 17 heavy (non-hydrogen) atoms. The normalized spacial score (nSPS) is 9.76. The molecule has 0 bridgehead atoms. The maximum Gasteiger partial charge on any atom is 0.433 e. The summed E-state index contributed by atoms with van der Waals surface area (Å²) in [6, 6.07) is 1.27. The first-order valence-electron chi connectivity index (χ1n) is 5.53. The Morgan fingerprint density at radius 2 is 1.47 bits per heavy atom. The Morgan fingerprint density at radius 1 is 1.06 bits per heavy atom. The number of hydrogen-bond donors (Lipinski definition) is 0. The molecule has 100 valence electrons. The maximum absolute atomic E-state index is 12.3. The molecule has 0 atom stereocenters. The molecular formula is C12H19ClF3N. The molecule has 1 rings (SSSR count). The van der Waals surface area contributed by atoms with Crippen LogP contribution in [0.1, 0.15) is 44.6 Å². The summed E-state index contributed by atoms with van der Waals surface area (Å²) in [6.07, 6.45) is -4.40. The van der Waals surface area contributed by atoms with Gasteiger partial charge < -0.3 is 0 Å². The van der Waals surface area contributed by atoms with Gasteiger partial charge in [-0.2, -0.15) is 13.2 Å². The van der Waals surface area contributed by atoms with Crippen molar-refractivity contribution < 1.29 is 13.2 Å². The van der Waals surface area contributed by atoms with Gasteiger partial charge in [0.25, 0.3) is 0 Å². The second-order valence-corrected chi connectivity index (χ2v) is 3.13. The van der Waals surface area contributed by atoms with E-state index < -0.39 is 11.9 Å². The minimum Gasteiger partial charge on any atom is -0.247 e. The third kappa shape index (κ3) is 5.91. The summed E-state index contributed by atoms with van der Waals surface area (Å²) in [7, 11) is 0. The Labute approximate surface area is 106 Å². The Morgan fingerprint density at radius 3 is 1.82 bits per heavy atom. The molecule has 0 N–H and O–H groups in total. The lowest BCUT2D eigenvalue weighted by atomic mass is 10.2. The van der Waals surface area contributed by atoms with Crippen LogP contribution >= 0.6 is 11.6 Å². The topological polar surface area (TPSA) is 12.9 Å². The first-order valence-corrected chi connectivity index (χ1v) is 5.91. The van der Waals surface area contributed by atoms with Crippen LogP contribution in [0.5, 0.6) is 0 Å². The fourth-order valence-electron chi connectivity index (χ4n) is 0.959. The first kappa shape index (κ1) is 18.6. The maximum atomic E-state index is 12.3. The van der Waals surface area contributed by atoms with E-state index in [2.05, 4.69) is 4.98 Å². The lowest BCUT2D eigenvalue weighted by Crippen LogP contribution is -2.11. The van der Waals surface area contributed by atoms with E-state index in [0.29, 0.717) is 0 Å². The summed E-state index contributed by atoms with van der Waals surface area (Å²) < 4.78 is 36.8. The number of aryl methyl sites for hydroxylation is 2. The minimum absolute atomic E-state index is 0.0445. The average Bonchev–Trinajstić information content (AvgIpc) is 2.27. The molecule has 1 aromatic heterocycles. The highest BCUT2D eigenvalue weighted by Crippen LogP contribution is 2.31. The van der Waals surface area contributed by atoms with Crippen LogP contribution < -0.4 is 0 Å². The first-order chi connectivity index (χ1) is 7.82. The Hall–Kier alpha value is -0.770. The smallest absolute Gasteiger partial charge is 0.247 e. The van der Waals surface area contributed by atoms with Crippen LogP contribution in [0.2, 0.25) is 5.02 Å². The third-order valence-electron chi connectivity index (χ3n) is 1.61. The summed E-state index contributed by atoms with van der Waals surface area (Å²) >= 11 is 5.61. The predicted octanol–water partition coefficient (Wildman–Crippen LogP) is 5.42. The lowest BCUT2D eigenvalue weighted by Gasteiger charge is -2.10. The fraction of sp³-hybridized carbons (Fsp3) is 0.583. The van der Waals surface area contributed by atoms with Crippen molar-refractivity contribution in [1.82, 2.24) is 4.98 Å². The van der Waals surface area contributed by atoms with Gasteiger partial charge in [0, 0.05) is 0 Å². The van der Waals surface area contributed by atoms with Crippen LogP contribution in [0.3, 0.4) is 0 Å². The largest absolute Gasteiger partial charge is 0.433 e. The van der Waals surface area contributed by atoms with Crippen molar-refractivity contribution in [2.24, 2.45) is 0 Å². The number of aromatic nitrogens is 1. The van der Waals surface area contributed by atoms with Crippen molar-refractivity contribution in [3.63, 3.8) is 0 Å². The minimum atomic E-state index is -4.40. The molecular weight excluding hydrogens is 251 g/mol. The van der Waals surface area contributed by atoms with Gasteiger partial charge >= 0.3 is 6.18 Å². The van der Waals surface area contributed by atoms with E-state index in [0.717, 1.165) is 0 Å². The van der Waals surface area contributed by atoms with E-state index in [4.69, 9.17) is 11.6 Å². The molecule has 0 unspecified atom stereocenters. The zero-order valence-electron chi connectivity index (χ0n) is 11.0. The van der Waals surface area contributed by atoms with E-state index in [9.17, 15) is 13.2 Å². The molecule has 0 aromatic carbocycles. The number of nitrogens with zero attached hydrogens (tertiary/aromatic N) is 1. The predicted molar refractivity (Wildman–Crippen MR) is 66.4 cm³/mol. The SMILES string of the molecule is CC.CC.Cc1cc(Cl)c(C)nc1C(F)(F)F. The molecule has 0 amide bonds. The van der Waals surface area contributed by atoms with Gasteiger partial charge in [0.1, 0.15) is 5.69 Å². The average molecular weight is 270 g/mol. The number of rotatable bonds is 0. The van der Waals surface area contributed by atoms with Crippen LogP contribution in [-0.4, -0.2) is 4.98 Å². The lowest BCUT2D eigenvalue weighted by molar-refractivity contribution is -0.141. The van der Waals surface area contributed by atoms with Crippen LogP contribution in [0.25, 0.3) is 0 Å². The van der Waals surface area contributed by atoms with E-state index in [1.165, 1.54) is 19.9 Å². The number of halogens is 4. The third-order valence-corrected chi connectivity index (χ3v) is 1.99. The van der Waals surface area contributed by atoms with Crippen LogP contribution in [0.15, 0.2) is 6.07 Å². The van der Waals surface area contributed by atoms with Crippen LogP contribution in [-0.2, 0) is 6.18 Å². The summed E-state index contributed by atoms with van der Waals surface area (Å²) in [5.41, 5.74) is -0.628. The van der Waals surface area contributed by atoms with Crippen molar-refractivity contribution in [3.05, 3.63) is 28.0 Å². The summed E-state index contributed by atoms with van der Waals surface area (Å²) in [5, 5.41) is 0.255. The van der Waals surface area contributed by atoms with Gasteiger partial charge in [-0.25, -0.2) is 4.98 Å². The van der Waals surface area contributed by atoms with Crippen molar-refractivity contribution in [2.75, 3.05) is 0 Å². The second kappa shape index (κ2) is 8.34. The fourth-order valence-corrected chi connectivity index (χ4v) is 1.17. The van der Waals surface area contributed by atoms with Crippen molar-refractivity contribution in [1.29, 1.82) is 0 Å². The quantitative estimate of drug-likeness (QED) is 0.612. The van der Waals surface area contributed by atoms with E-state index in [1.807, 2.05) is 27.7 Å². The number of hydrogen-bond acceptors (Lipinski definition) is 1. The molecule has 0 radical (unpaired) electrons. The number of pyridine rings is 1. The van der Waals surface area contributed by atoms with Crippen molar-refractivity contribution >= 4 is 11.6 Å². The number of alkyl halides is 3.